The molecule has 3 saturated heterocycles. The first-order valence-electron chi connectivity index (χ1n) is 46.2. The quantitative estimate of drug-likeness (QED) is 0.0469. The first-order chi connectivity index (χ1) is 60.9. The molecule has 3 atom stereocenters. The molecule has 17 heteroatoms. The average molecular weight is 1710 g/mol. The number of hydrogen-bond acceptors (Lipinski definition) is 13. The van der Waals surface area contributed by atoms with Crippen LogP contribution >= 0.6 is 0 Å². The van der Waals surface area contributed by atoms with Gasteiger partial charge in [0.2, 0.25) is 0 Å². The van der Waals surface area contributed by atoms with Crippen LogP contribution in [0.3, 0.4) is 0 Å². The Morgan fingerprint density at radius 3 is 1.19 bits per heavy atom. The fourth-order valence-corrected chi connectivity index (χ4v) is 19.5. The van der Waals surface area contributed by atoms with Gasteiger partial charge in [0.25, 0.3) is 5.91 Å². The molecular formula is C110H130N6O11. The van der Waals surface area contributed by atoms with E-state index in [1.165, 1.54) is 193 Å². The molecule has 3 amide bonds. The molecule has 127 heavy (non-hydrogen) atoms. The Kier molecular flexibility index (Phi) is 28.9. The normalized spacial score (nSPS) is 17.7. The standard InChI is InChI=1S/C28H30N2O3.C27H35NO2.C27H33NO2.C21H25NO.C7H7NO3/c1-17-13-21(24-6-4-3-5-23(24)19-7-8-19)14-22(16-31)27(17)20-11-12-30(15-20)28(33)25-9-10-26(32)18(2)29-25;2*1-6-19-16-22(24-10-8-7-9-23(24)20-11-12-20)15-18(2)25(19)21-13-14-28(17-21)26(29)30-27(3,4)5;1-14-10-17(20-5-3-2-4-19(20)15-6-7-15)11-18(13-23)21(14)16-8-9-22-12-16;1-4-6(9)3-2-5(8-4)7(10)11/h3-6,9-10,13-14,19-20,31-32H,7-8,11-12,15-16H2,1-2H3;7-10,15-16,20-21H,6,11-14,17H2,1-5H3;7-10,13,15-16,20H,6,11-12,14,17H2,1-5H3;2-5,10-11,15-16,22-23H,6-9,12-13H2,1H3;2-3,9H,1H3,(H,10,11). The maximum atomic E-state index is 13.0. The maximum absolute atomic E-state index is 13.0. The third-order valence-corrected chi connectivity index (χ3v) is 26.1. The number of nitrogens with one attached hydrogen (secondary N) is 1. The van der Waals surface area contributed by atoms with E-state index in [0.717, 1.165) is 91.9 Å². The lowest BCUT2D eigenvalue weighted by Crippen LogP contribution is -2.35. The fourth-order valence-electron chi connectivity index (χ4n) is 19.5. The second-order valence-electron chi connectivity index (χ2n) is 38.2. The van der Waals surface area contributed by atoms with Gasteiger partial charge in [0, 0.05) is 57.6 Å². The molecule has 7 fully saturated rings. The van der Waals surface area contributed by atoms with Crippen LogP contribution in [0, 0.1) is 41.5 Å². The van der Waals surface area contributed by atoms with Crippen molar-refractivity contribution in [3.8, 4) is 56.0 Å². The van der Waals surface area contributed by atoms with Gasteiger partial charge in [0.15, 0.2) is 0 Å². The molecule has 8 aliphatic rings. The van der Waals surface area contributed by atoms with Crippen molar-refractivity contribution >= 4 is 29.6 Å². The van der Waals surface area contributed by atoms with E-state index in [0.29, 0.717) is 61.0 Å². The largest absolute Gasteiger partial charge is 0.506 e. The zero-order chi connectivity index (χ0) is 90.3. The van der Waals surface area contributed by atoms with Crippen molar-refractivity contribution in [2.75, 3.05) is 52.4 Å². The molecule has 4 aliphatic carbocycles. The molecule has 6 heterocycles. The summed E-state index contributed by atoms with van der Waals surface area (Å²) in [6.45, 7) is 34.2. The fraction of sp³-hybridized carbons (Fsp3) is 0.418. The van der Waals surface area contributed by atoms with Crippen LogP contribution in [0.2, 0.25) is 0 Å². The lowest BCUT2D eigenvalue weighted by Gasteiger charge is -2.25. The number of hydrogen-bond donors (Lipinski definition) is 6. The summed E-state index contributed by atoms with van der Waals surface area (Å²) in [4.78, 5) is 61.7. The summed E-state index contributed by atoms with van der Waals surface area (Å²) in [6, 6.07) is 59.2. The van der Waals surface area contributed by atoms with Crippen LogP contribution in [0.5, 0.6) is 11.5 Å². The van der Waals surface area contributed by atoms with E-state index in [1.807, 2.05) is 51.3 Å². The Hall–Kier alpha value is -11.2. The van der Waals surface area contributed by atoms with Gasteiger partial charge in [-0.15, -0.1) is 0 Å². The number of aliphatic hydroxyl groups excluding tert-OH is 2. The number of carboxylic acid groups (broad SMARTS) is 1. The van der Waals surface area contributed by atoms with Crippen molar-refractivity contribution in [1.82, 2.24) is 30.0 Å². The van der Waals surface area contributed by atoms with Crippen LogP contribution in [-0.2, 0) is 35.5 Å². The molecule has 4 aliphatic heterocycles. The summed E-state index contributed by atoms with van der Waals surface area (Å²) < 4.78 is 11.2. The maximum Gasteiger partial charge on any atom is 0.410 e. The zero-order valence-corrected chi connectivity index (χ0v) is 77.0. The van der Waals surface area contributed by atoms with Gasteiger partial charge >= 0.3 is 18.2 Å². The second-order valence-corrected chi connectivity index (χ2v) is 38.2. The number of benzene rings is 8. The third kappa shape index (κ3) is 22.5. The molecule has 10 aromatic rings. The van der Waals surface area contributed by atoms with Gasteiger partial charge < -0.3 is 55.0 Å². The number of rotatable bonds is 18. The van der Waals surface area contributed by atoms with E-state index in [4.69, 9.17) is 19.7 Å². The van der Waals surface area contributed by atoms with Gasteiger partial charge in [0.1, 0.15) is 34.1 Å². The minimum atomic E-state index is -1.09. The third-order valence-electron chi connectivity index (χ3n) is 26.1. The van der Waals surface area contributed by atoms with E-state index >= 15 is 0 Å². The summed E-state index contributed by atoms with van der Waals surface area (Å²) in [5, 5.41) is 50.8. The number of carbonyl (C=O) groups is 4. The van der Waals surface area contributed by atoms with Gasteiger partial charge in [-0.05, 0) is 378 Å². The number of nitrogens with zero attached hydrogens (tertiary/aromatic N) is 5. The number of aromatic nitrogens is 2. The van der Waals surface area contributed by atoms with Crippen molar-refractivity contribution in [3.63, 3.8) is 0 Å². The number of aromatic hydroxyl groups is 2. The van der Waals surface area contributed by atoms with Crippen molar-refractivity contribution in [2.45, 2.75) is 246 Å². The first-order valence-corrected chi connectivity index (χ1v) is 46.2. The molecule has 666 valence electrons. The molecule has 2 aromatic heterocycles. The van der Waals surface area contributed by atoms with Crippen LogP contribution < -0.4 is 5.32 Å². The van der Waals surface area contributed by atoms with Crippen LogP contribution in [0.4, 0.5) is 9.59 Å². The van der Waals surface area contributed by atoms with Gasteiger partial charge in [-0.25, -0.2) is 24.4 Å². The van der Waals surface area contributed by atoms with Gasteiger partial charge in [0.05, 0.1) is 24.6 Å². The molecule has 17 nitrogen and oxygen atoms in total. The summed E-state index contributed by atoms with van der Waals surface area (Å²) >= 11 is 0. The monoisotopic (exact) mass is 1710 g/mol. The zero-order valence-electron chi connectivity index (χ0n) is 77.0. The minimum Gasteiger partial charge on any atom is -0.506 e. The summed E-state index contributed by atoms with van der Waals surface area (Å²) in [5.41, 5.74) is 33.0. The predicted molar refractivity (Wildman–Crippen MR) is 508 cm³/mol. The van der Waals surface area contributed by atoms with E-state index < -0.39 is 17.2 Å². The number of carboxylic acids is 1. The summed E-state index contributed by atoms with van der Waals surface area (Å²) in [6.07, 6.45) is 17.2. The summed E-state index contributed by atoms with van der Waals surface area (Å²) in [7, 11) is 0. The van der Waals surface area contributed by atoms with E-state index in [-0.39, 0.29) is 54.4 Å². The lowest BCUT2D eigenvalue weighted by molar-refractivity contribution is 0.0286. The van der Waals surface area contributed by atoms with E-state index in [1.54, 1.807) is 24.8 Å². The molecule has 4 saturated carbocycles. The number of carbonyl (C=O) groups excluding carboxylic acids is 3. The topological polar surface area (TPSA) is 235 Å². The van der Waals surface area contributed by atoms with Gasteiger partial charge in [-0.1, -0.05) is 153 Å². The molecule has 3 unspecified atom stereocenters. The summed E-state index contributed by atoms with van der Waals surface area (Å²) in [5.74, 6) is 2.88. The molecule has 8 aromatic carbocycles. The highest BCUT2D eigenvalue weighted by molar-refractivity contribution is 5.93. The highest BCUT2D eigenvalue weighted by Gasteiger charge is 2.37. The van der Waals surface area contributed by atoms with Crippen LogP contribution in [0.1, 0.15) is 289 Å². The number of aryl methyl sites for hydroxylation is 8. The average Bonchev–Trinajstić information content (AvgIpc) is 1.68. The Bertz CT molecular complexity index is 5690. The predicted octanol–water partition coefficient (Wildman–Crippen LogP) is 23.5. The Labute approximate surface area is 751 Å². The molecule has 0 spiro atoms. The molecule has 6 N–H and O–H groups in total. The smallest absolute Gasteiger partial charge is 0.410 e. The van der Waals surface area contributed by atoms with Crippen LogP contribution in [0.25, 0.3) is 50.1 Å². The Morgan fingerprint density at radius 1 is 0.425 bits per heavy atom. The second kappa shape index (κ2) is 40.0. The number of ether oxygens (including phenoxy) is 2. The number of aliphatic hydroxyl groups is 2. The first kappa shape index (κ1) is 92.0. The van der Waals surface area contributed by atoms with Crippen molar-refractivity contribution in [1.29, 1.82) is 0 Å². The van der Waals surface area contributed by atoms with Crippen molar-refractivity contribution < 1.29 is 54.2 Å². The molecule has 18 rings (SSSR count). The Balaban J connectivity index is 0.000000132. The van der Waals surface area contributed by atoms with E-state index in [2.05, 4.69) is 208 Å². The number of aromatic carboxylic acids is 1. The number of pyridine rings is 2. The van der Waals surface area contributed by atoms with Crippen LogP contribution in [0.15, 0.2) is 176 Å². The lowest BCUT2D eigenvalue weighted by atomic mass is 9.85. The van der Waals surface area contributed by atoms with Crippen molar-refractivity contribution in [2.24, 2.45) is 0 Å². The van der Waals surface area contributed by atoms with Crippen molar-refractivity contribution in [3.05, 3.63) is 288 Å². The molecule has 0 bridgehead atoms. The Morgan fingerprint density at radius 2 is 0.795 bits per heavy atom. The number of amides is 3. The van der Waals surface area contributed by atoms with Crippen LogP contribution in [-0.4, -0.2) is 138 Å². The molecule has 0 radical (unpaired) electrons. The minimum absolute atomic E-state index is 0.00926. The number of likely N-dealkylation sites (tertiary alicyclic amines) is 2. The molecular weight excluding hydrogens is 1580 g/mol. The van der Waals surface area contributed by atoms with Gasteiger partial charge in [-0.3, -0.25) is 4.79 Å². The van der Waals surface area contributed by atoms with Gasteiger partial charge in [-0.2, -0.15) is 0 Å². The SMILES string of the molecule is CCc1cc(-c2ccccc2C2CC2)cc(C)c1C1=CCN(C(=O)OC(C)(C)C)C1.CCc1cc(-c2ccccc2C2CC2)cc(C)c1C1CCN(C(=O)OC(C)(C)C)C1.Cc1cc(-c2ccccc2C2CC2)cc(CO)c1C1CCN(C(=O)c2ccc(O)c(C)n2)C1.Cc1cc(-c2ccccc2C2CC2)cc(CO)c1C1CCNC1.Cc1nc(C(=O)O)ccc1O. The highest BCUT2D eigenvalue weighted by atomic mass is 16.6. The van der Waals surface area contributed by atoms with E-state index in [9.17, 15) is 34.5 Å². The highest BCUT2D eigenvalue weighted by Crippen LogP contribution is 2.50.